The molecule has 0 saturated carbocycles. The van der Waals surface area contributed by atoms with Gasteiger partial charge >= 0.3 is 5.97 Å². The van der Waals surface area contributed by atoms with Gasteiger partial charge in [-0.25, -0.2) is 14.5 Å². The predicted octanol–water partition coefficient (Wildman–Crippen LogP) is 1.36. The molecule has 0 radical (unpaired) electrons. The highest BCUT2D eigenvalue weighted by Gasteiger charge is 2.22. The van der Waals surface area contributed by atoms with Crippen molar-refractivity contribution in [1.82, 2.24) is 14.8 Å². The van der Waals surface area contributed by atoms with Crippen LogP contribution >= 0.6 is 0 Å². The summed E-state index contributed by atoms with van der Waals surface area (Å²) in [7, 11) is 0. The van der Waals surface area contributed by atoms with Gasteiger partial charge in [0.25, 0.3) is 5.69 Å². The zero-order valence-electron chi connectivity index (χ0n) is 11.1. The van der Waals surface area contributed by atoms with E-state index in [2.05, 4.69) is 10.1 Å². The van der Waals surface area contributed by atoms with Crippen molar-refractivity contribution in [3.8, 4) is 11.9 Å². The van der Waals surface area contributed by atoms with Crippen LogP contribution in [0.2, 0.25) is 0 Å². The molecule has 0 fully saturated rings. The first-order valence-corrected chi connectivity index (χ1v) is 5.71. The Hall–Kier alpha value is -3.28. The zero-order chi connectivity index (χ0) is 15.7. The van der Waals surface area contributed by atoms with Crippen molar-refractivity contribution in [1.29, 1.82) is 5.26 Å². The molecule has 2 rings (SSSR count). The number of aromatic nitrogens is 3. The lowest BCUT2D eigenvalue weighted by molar-refractivity contribution is -0.385. The molecule has 106 valence electrons. The third-order valence-corrected chi connectivity index (χ3v) is 2.89. The van der Waals surface area contributed by atoms with Crippen LogP contribution in [0.15, 0.2) is 12.3 Å². The van der Waals surface area contributed by atoms with Crippen LogP contribution in [0, 0.1) is 35.3 Å². The smallest absolute Gasteiger partial charge is 0.339 e. The molecule has 2 aromatic heterocycles. The Kier molecular flexibility index (Phi) is 3.37. The van der Waals surface area contributed by atoms with Crippen LogP contribution in [0.1, 0.15) is 27.3 Å². The summed E-state index contributed by atoms with van der Waals surface area (Å²) in [6.45, 7) is 3.04. The molecule has 0 spiro atoms. The molecule has 0 unspecified atom stereocenters. The van der Waals surface area contributed by atoms with E-state index in [0.717, 1.165) is 12.3 Å². The molecule has 0 atom stereocenters. The zero-order valence-corrected chi connectivity index (χ0v) is 11.1. The first kappa shape index (κ1) is 14.1. The van der Waals surface area contributed by atoms with Crippen molar-refractivity contribution < 1.29 is 14.8 Å². The van der Waals surface area contributed by atoms with E-state index in [4.69, 9.17) is 10.4 Å². The number of pyridine rings is 1. The van der Waals surface area contributed by atoms with Gasteiger partial charge in [0.1, 0.15) is 23.4 Å². The van der Waals surface area contributed by atoms with Gasteiger partial charge in [0.2, 0.25) is 0 Å². The second kappa shape index (κ2) is 5.01. The Morgan fingerprint density at radius 1 is 1.52 bits per heavy atom. The van der Waals surface area contributed by atoms with Crippen LogP contribution in [0.3, 0.4) is 0 Å². The summed E-state index contributed by atoms with van der Waals surface area (Å²) in [6.07, 6.45) is 0.993. The lowest BCUT2D eigenvalue weighted by Gasteiger charge is -2.05. The molecule has 0 aromatic carbocycles. The van der Waals surface area contributed by atoms with Gasteiger partial charge in [-0.15, -0.1) is 0 Å². The lowest BCUT2D eigenvalue weighted by Crippen LogP contribution is -2.07. The van der Waals surface area contributed by atoms with Gasteiger partial charge in [0.05, 0.1) is 16.3 Å². The highest BCUT2D eigenvalue weighted by Crippen LogP contribution is 2.21. The van der Waals surface area contributed by atoms with E-state index < -0.39 is 10.9 Å². The van der Waals surface area contributed by atoms with E-state index in [1.807, 2.05) is 0 Å². The number of carboxylic acid groups (broad SMARTS) is 1. The molecule has 0 aliphatic carbocycles. The predicted molar refractivity (Wildman–Crippen MR) is 69.2 cm³/mol. The summed E-state index contributed by atoms with van der Waals surface area (Å²) >= 11 is 0. The molecular weight excluding hydrogens is 278 g/mol. The summed E-state index contributed by atoms with van der Waals surface area (Å²) in [5.41, 5.74) is 0.183. The van der Waals surface area contributed by atoms with Gasteiger partial charge in [0, 0.05) is 6.07 Å². The second-order valence-electron chi connectivity index (χ2n) is 4.20. The Labute approximate surface area is 118 Å². The minimum atomic E-state index is -1.14. The van der Waals surface area contributed by atoms with Crippen LogP contribution in [0.25, 0.3) is 5.82 Å². The van der Waals surface area contributed by atoms with Crippen LogP contribution in [-0.2, 0) is 0 Å². The molecule has 2 aromatic rings. The monoisotopic (exact) mass is 287 g/mol. The van der Waals surface area contributed by atoms with E-state index in [1.54, 1.807) is 6.07 Å². The first-order valence-electron chi connectivity index (χ1n) is 5.71. The quantitative estimate of drug-likeness (QED) is 0.664. The number of nitro groups is 1. The van der Waals surface area contributed by atoms with Crippen molar-refractivity contribution in [2.24, 2.45) is 0 Å². The molecule has 9 nitrogen and oxygen atoms in total. The van der Waals surface area contributed by atoms with Gasteiger partial charge in [-0.05, 0) is 13.8 Å². The number of nitrogens with zero attached hydrogens (tertiary/aromatic N) is 5. The number of carbonyl (C=O) groups is 1. The largest absolute Gasteiger partial charge is 0.478 e. The molecule has 0 amide bonds. The van der Waals surface area contributed by atoms with Crippen molar-refractivity contribution in [3.05, 3.63) is 44.9 Å². The number of hydrogen-bond acceptors (Lipinski definition) is 6. The standard InChI is InChI=1S/C12H9N5O4/c1-6-10(12(18)19)7(2)16(15-6)11-8(4-13)3-9(5-14-11)17(20)21/h3,5H,1-2H3,(H,18,19). The maximum atomic E-state index is 11.2. The molecule has 0 aliphatic rings. The fourth-order valence-electron chi connectivity index (χ4n) is 1.96. The first-order chi connectivity index (χ1) is 9.86. The maximum Gasteiger partial charge on any atom is 0.339 e. The van der Waals surface area contributed by atoms with Crippen LogP contribution in [0.4, 0.5) is 5.69 Å². The number of aryl methyl sites for hydroxylation is 1. The Balaban J connectivity index is 2.69. The summed E-state index contributed by atoms with van der Waals surface area (Å²) in [6, 6.07) is 2.87. The number of nitriles is 1. The molecule has 2 heterocycles. The minimum absolute atomic E-state index is 0.0130. The summed E-state index contributed by atoms with van der Waals surface area (Å²) < 4.78 is 1.20. The number of carboxylic acids is 1. The summed E-state index contributed by atoms with van der Waals surface area (Å²) in [5.74, 6) is -1.09. The average Bonchev–Trinajstić information content (AvgIpc) is 2.72. The number of aromatic carboxylic acids is 1. The van der Waals surface area contributed by atoms with E-state index >= 15 is 0 Å². The highest BCUT2D eigenvalue weighted by molar-refractivity contribution is 5.90. The third-order valence-electron chi connectivity index (χ3n) is 2.89. The minimum Gasteiger partial charge on any atom is -0.478 e. The van der Waals surface area contributed by atoms with Crippen LogP contribution in [0.5, 0.6) is 0 Å². The Bertz CT molecular complexity index is 803. The summed E-state index contributed by atoms with van der Waals surface area (Å²) in [4.78, 5) is 25.0. The average molecular weight is 287 g/mol. The van der Waals surface area contributed by atoms with E-state index in [-0.39, 0.29) is 34.0 Å². The molecule has 0 aliphatic heterocycles. The number of hydrogen-bond donors (Lipinski definition) is 1. The van der Waals surface area contributed by atoms with Crippen LogP contribution in [-0.4, -0.2) is 30.8 Å². The fraction of sp³-hybridized carbons (Fsp3) is 0.167. The normalized spacial score (nSPS) is 10.1. The van der Waals surface area contributed by atoms with Gasteiger partial charge in [-0.2, -0.15) is 10.4 Å². The van der Waals surface area contributed by atoms with Gasteiger partial charge in [-0.3, -0.25) is 10.1 Å². The SMILES string of the molecule is Cc1nn(-c2ncc([N+](=O)[O-])cc2C#N)c(C)c1C(=O)O. The lowest BCUT2D eigenvalue weighted by atomic mass is 10.2. The molecule has 0 saturated heterocycles. The van der Waals surface area contributed by atoms with Gasteiger partial charge < -0.3 is 5.11 Å². The molecule has 9 heteroatoms. The number of rotatable bonds is 3. The van der Waals surface area contributed by atoms with Crippen LogP contribution < -0.4 is 0 Å². The van der Waals surface area contributed by atoms with Crippen molar-refractivity contribution >= 4 is 11.7 Å². The highest BCUT2D eigenvalue weighted by atomic mass is 16.6. The Morgan fingerprint density at radius 3 is 2.67 bits per heavy atom. The third kappa shape index (κ3) is 2.30. The topological polar surface area (TPSA) is 135 Å². The molecular formula is C12H9N5O4. The summed E-state index contributed by atoms with van der Waals surface area (Å²) in [5, 5.41) is 32.9. The van der Waals surface area contributed by atoms with Crippen molar-refractivity contribution in [2.45, 2.75) is 13.8 Å². The maximum absolute atomic E-state index is 11.2. The van der Waals surface area contributed by atoms with Gasteiger partial charge in [-0.1, -0.05) is 0 Å². The molecule has 21 heavy (non-hydrogen) atoms. The Morgan fingerprint density at radius 2 is 2.19 bits per heavy atom. The second-order valence-corrected chi connectivity index (χ2v) is 4.20. The van der Waals surface area contributed by atoms with E-state index in [1.165, 1.54) is 18.5 Å². The van der Waals surface area contributed by atoms with Crippen molar-refractivity contribution in [3.63, 3.8) is 0 Å². The van der Waals surface area contributed by atoms with Crippen molar-refractivity contribution in [2.75, 3.05) is 0 Å². The van der Waals surface area contributed by atoms with Gasteiger partial charge in [0.15, 0.2) is 5.82 Å². The molecule has 1 N–H and O–H groups in total. The molecule has 0 bridgehead atoms. The van der Waals surface area contributed by atoms with E-state index in [9.17, 15) is 14.9 Å². The van der Waals surface area contributed by atoms with E-state index in [0.29, 0.717) is 0 Å². The fourth-order valence-corrected chi connectivity index (χ4v) is 1.96.